The van der Waals surface area contributed by atoms with E-state index < -0.39 is 0 Å². The normalized spacial score (nSPS) is 15.8. The highest BCUT2D eigenvalue weighted by atomic mass is 15.3. The average molecular weight is 269 g/mol. The molecule has 0 N–H and O–H groups in total. The highest BCUT2D eigenvalue weighted by Crippen LogP contribution is 2.27. The summed E-state index contributed by atoms with van der Waals surface area (Å²) in [6.45, 7) is 7.78. The summed E-state index contributed by atoms with van der Waals surface area (Å²) in [6, 6.07) is 8.80. The van der Waals surface area contributed by atoms with E-state index >= 15 is 0 Å². The van der Waals surface area contributed by atoms with Crippen LogP contribution in [0.15, 0.2) is 24.3 Å². The van der Waals surface area contributed by atoms with Gasteiger partial charge in [-0.05, 0) is 23.8 Å². The molecule has 0 saturated carbocycles. The minimum absolute atomic E-state index is 0.195. The maximum absolute atomic E-state index is 4.41. The van der Waals surface area contributed by atoms with Crippen LogP contribution in [0.1, 0.15) is 51.4 Å². The first kappa shape index (κ1) is 13.3. The lowest BCUT2D eigenvalue weighted by Gasteiger charge is -2.19. The number of fused-ring (bicyclic) bond motifs is 1. The molecule has 2 heterocycles. The third-order valence-corrected chi connectivity index (χ3v) is 4.12. The fourth-order valence-electron chi connectivity index (χ4n) is 2.82. The Bertz CT molecular complexity index is 588. The van der Waals surface area contributed by atoms with Gasteiger partial charge in [-0.15, -0.1) is 10.2 Å². The molecule has 0 fully saturated rings. The van der Waals surface area contributed by atoms with Crippen molar-refractivity contribution >= 4 is 0 Å². The molecule has 0 spiro atoms. The summed E-state index contributed by atoms with van der Waals surface area (Å²) in [5, 5.41) is 8.79. The van der Waals surface area contributed by atoms with Gasteiger partial charge in [-0.1, -0.05) is 51.5 Å². The van der Waals surface area contributed by atoms with Crippen molar-refractivity contribution in [3.63, 3.8) is 0 Å². The number of aromatic nitrogens is 3. The lowest BCUT2D eigenvalue weighted by atomic mass is 9.87. The van der Waals surface area contributed by atoms with E-state index in [0.717, 1.165) is 24.6 Å². The maximum atomic E-state index is 4.41. The van der Waals surface area contributed by atoms with Crippen molar-refractivity contribution < 1.29 is 0 Å². The highest BCUT2D eigenvalue weighted by molar-refractivity contribution is 5.56. The lowest BCUT2D eigenvalue weighted by molar-refractivity contribution is 0.590. The predicted molar refractivity (Wildman–Crippen MR) is 81.7 cm³/mol. The molecule has 3 nitrogen and oxygen atoms in total. The van der Waals surface area contributed by atoms with E-state index in [4.69, 9.17) is 0 Å². The molecule has 0 atom stereocenters. The van der Waals surface area contributed by atoms with Gasteiger partial charge in [0.1, 0.15) is 5.82 Å². The molecule has 1 aliphatic rings. The van der Waals surface area contributed by atoms with Crippen LogP contribution >= 0.6 is 0 Å². The molecule has 0 radical (unpaired) electrons. The molecule has 2 aromatic rings. The third kappa shape index (κ3) is 2.49. The zero-order valence-corrected chi connectivity index (χ0v) is 12.7. The third-order valence-electron chi connectivity index (χ3n) is 4.12. The molecule has 0 aliphatic carbocycles. The van der Waals surface area contributed by atoms with Crippen LogP contribution in [0.2, 0.25) is 0 Å². The summed E-state index contributed by atoms with van der Waals surface area (Å²) in [5.74, 6) is 2.18. The smallest absolute Gasteiger partial charge is 0.163 e. The van der Waals surface area contributed by atoms with Crippen molar-refractivity contribution in [3.8, 4) is 11.4 Å². The van der Waals surface area contributed by atoms with Gasteiger partial charge < -0.3 is 4.57 Å². The van der Waals surface area contributed by atoms with E-state index in [1.165, 1.54) is 30.4 Å². The van der Waals surface area contributed by atoms with Crippen molar-refractivity contribution in [2.45, 2.75) is 58.4 Å². The van der Waals surface area contributed by atoms with Crippen LogP contribution in [-0.2, 0) is 18.4 Å². The number of nitrogens with zero attached hydrogens (tertiary/aromatic N) is 3. The molecule has 1 aromatic heterocycles. The van der Waals surface area contributed by atoms with Crippen molar-refractivity contribution in [2.75, 3.05) is 0 Å². The molecule has 1 aliphatic heterocycles. The molecular weight excluding hydrogens is 246 g/mol. The summed E-state index contributed by atoms with van der Waals surface area (Å²) in [7, 11) is 0. The van der Waals surface area contributed by atoms with E-state index in [-0.39, 0.29) is 5.41 Å². The second kappa shape index (κ2) is 5.04. The van der Waals surface area contributed by atoms with Gasteiger partial charge in [-0.25, -0.2) is 0 Å². The highest BCUT2D eigenvalue weighted by Gasteiger charge is 2.17. The number of rotatable bonds is 1. The summed E-state index contributed by atoms with van der Waals surface area (Å²) >= 11 is 0. The van der Waals surface area contributed by atoms with Crippen LogP contribution in [0.5, 0.6) is 0 Å². The van der Waals surface area contributed by atoms with Gasteiger partial charge >= 0.3 is 0 Å². The van der Waals surface area contributed by atoms with Crippen LogP contribution in [0.3, 0.4) is 0 Å². The molecule has 20 heavy (non-hydrogen) atoms. The van der Waals surface area contributed by atoms with Gasteiger partial charge in [0, 0.05) is 18.5 Å². The van der Waals surface area contributed by atoms with Crippen molar-refractivity contribution in [3.05, 3.63) is 35.7 Å². The van der Waals surface area contributed by atoms with Gasteiger partial charge in [-0.3, -0.25) is 0 Å². The fourth-order valence-corrected chi connectivity index (χ4v) is 2.82. The molecule has 0 bridgehead atoms. The number of hydrogen-bond acceptors (Lipinski definition) is 2. The van der Waals surface area contributed by atoms with E-state index in [2.05, 4.69) is 59.8 Å². The maximum Gasteiger partial charge on any atom is 0.163 e. The zero-order chi connectivity index (χ0) is 14.2. The molecular formula is C17H23N3. The molecule has 0 saturated heterocycles. The second-order valence-electron chi connectivity index (χ2n) is 6.73. The van der Waals surface area contributed by atoms with Crippen LogP contribution in [-0.4, -0.2) is 14.8 Å². The molecule has 0 amide bonds. The van der Waals surface area contributed by atoms with Gasteiger partial charge in [0.2, 0.25) is 0 Å². The predicted octanol–water partition coefficient (Wildman–Crippen LogP) is 3.97. The molecule has 3 heteroatoms. The largest absolute Gasteiger partial charge is 0.311 e. The molecule has 0 unspecified atom stereocenters. The number of aryl methyl sites for hydroxylation is 1. The summed E-state index contributed by atoms with van der Waals surface area (Å²) in [6.07, 6.45) is 4.83. The monoisotopic (exact) mass is 269 g/mol. The summed E-state index contributed by atoms with van der Waals surface area (Å²) in [4.78, 5) is 0. The topological polar surface area (TPSA) is 30.7 Å². The van der Waals surface area contributed by atoms with E-state index in [9.17, 15) is 0 Å². The van der Waals surface area contributed by atoms with E-state index in [1.807, 2.05) is 0 Å². The van der Waals surface area contributed by atoms with Gasteiger partial charge in [0.15, 0.2) is 5.82 Å². The quantitative estimate of drug-likeness (QED) is 0.784. The van der Waals surface area contributed by atoms with Gasteiger partial charge in [0.05, 0.1) is 0 Å². The van der Waals surface area contributed by atoms with E-state index in [0.29, 0.717) is 0 Å². The molecule has 3 rings (SSSR count). The summed E-state index contributed by atoms with van der Waals surface area (Å²) in [5.41, 5.74) is 2.73. The SMILES string of the molecule is CC(C)(C)c1ccc(-c2nnc3n2CCCCC3)cc1. The standard InChI is InChI=1S/C17H23N3/c1-17(2,3)14-10-8-13(9-11-14)16-19-18-15-7-5-4-6-12-20(15)16/h8-11H,4-7,12H2,1-3H3. The Morgan fingerprint density at radius 1 is 0.950 bits per heavy atom. The first-order valence-corrected chi connectivity index (χ1v) is 7.59. The minimum atomic E-state index is 0.195. The molecule has 106 valence electrons. The number of hydrogen-bond donors (Lipinski definition) is 0. The Morgan fingerprint density at radius 3 is 2.40 bits per heavy atom. The molecule has 1 aromatic carbocycles. The van der Waals surface area contributed by atoms with Crippen molar-refractivity contribution in [1.29, 1.82) is 0 Å². The Balaban J connectivity index is 1.95. The van der Waals surface area contributed by atoms with Crippen LogP contribution < -0.4 is 0 Å². The van der Waals surface area contributed by atoms with E-state index in [1.54, 1.807) is 0 Å². The Labute approximate surface area is 121 Å². The van der Waals surface area contributed by atoms with Crippen molar-refractivity contribution in [1.82, 2.24) is 14.8 Å². The fraction of sp³-hybridized carbons (Fsp3) is 0.529. The Morgan fingerprint density at radius 2 is 1.70 bits per heavy atom. The number of benzene rings is 1. The van der Waals surface area contributed by atoms with Gasteiger partial charge in [-0.2, -0.15) is 0 Å². The van der Waals surface area contributed by atoms with Crippen molar-refractivity contribution in [2.24, 2.45) is 0 Å². The first-order chi connectivity index (χ1) is 9.55. The van der Waals surface area contributed by atoms with Gasteiger partial charge in [0.25, 0.3) is 0 Å². The Kier molecular flexibility index (Phi) is 3.36. The lowest BCUT2D eigenvalue weighted by Crippen LogP contribution is -2.10. The second-order valence-corrected chi connectivity index (χ2v) is 6.73. The van der Waals surface area contributed by atoms with Crippen LogP contribution in [0.4, 0.5) is 0 Å². The van der Waals surface area contributed by atoms with Crippen LogP contribution in [0, 0.1) is 0 Å². The minimum Gasteiger partial charge on any atom is -0.311 e. The average Bonchev–Trinajstić information content (AvgIpc) is 2.67. The zero-order valence-electron chi connectivity index (χ0n) is 12.7. The summed E-state index contributed by atoms with van der Waals surface area (Å²) < 4.78 is 2.30. The van der Waals surface area contributed by atoms with Crippen LogP contribution in [0.25, 0.3) is 11.4 Å². The Hall–Kier alpha value is -1.64. The first-order valence-electron chi connectivity index (χ1n) is 7.59.